The van der Waals surface area contributed by atoms with Crippen LogP contribution in [-0.4, -0.2) is 55.9 Å². The van der Waals surface area contributed by atoms with Crippen molar-refractivity contribution in [3.05, 3.63) is 12.5 Å². The molecule has 3 rings (SSSR count). The second kappa shape index (κ2) is 5.67. The van der Waals surface area contributed by atoms with Crippen LogP contribution in [0.3, 0.4) is 0 Å². The van der Waals surface area contributed by atoms with Crippen molar-refractivity contribution in [1.82, 2.24) is 24.6 Å². The number of amides is 1. The van der Waals surface area contributed by atoms with Gasteiger partial charge >= 0.3 is 6.18 Å². The van der Waals surface area contributed by atoms with Crippen LogP contribution >= 0.6 is 0 Å². The van der Waals surface area contributed by atoms with Gasteiger partial charge in [0.05, 0.1) is 5.39 Å². The van der Waals surface area contributed by atoms with Gasteiger partial charge in [-0.25, -0.2) is 9.97 Å². The lowest BCUT2D eigenvalue weighted by atomic mass is 10.1. The van der Waals surface area contributed by atoms with Gasteiger partial charge in [0, 0.05) is 19.3 Å². The lowest BCUT2D eigenvalue weighted by molar-refractivity contribution is -0.142. The van der Waals surface area contributed by atoms with E-state index in [2.05, 4.69) is 20.4 Å². The summed E-state index contributed by atoms with van der Waals surface area (Å²) in [4.78, 5) is 21.7. The molecule has 1 saturated heterocycles. The van der Waals surface area contributed by atoms with Crippen LogP contribution in [0.5, 0.6) is 0 Å². The van der Waals surface area contributed by atoms with Crippen molar-refractivity contribution in [3.63, 3.8) is 0 Å². The molecule has 0 radical (unpaired) electrons. The molecule has 0 unspecified atom stereocenters. The van der Waals surface area contributed by atoms with Gasteiger partial charge in [-0.1, -0.05) is 0 Å². The van der Waals surface area contributed by atoms with E-state index in [1.165, 1.54) is 12.5 Å². The van der Waals surface area contributed by atoms with Crippen molar-refractivity contribution in [2.45, 2.75) is 32.1 Å². The van der Waals surface area contributed by atoms with Crippen LogP contribution in [-0.2, 0) is 11.3 Å². The third-order valence-corrected chi connectivity index (χ3v) is 3.60. The fourth-order valence-corrected chi connectivity index (χ4v) is 2.34. The van der Waals surface area contributed by atoms with E-state index in [1.54, 1.807) is 11.8 Å². The van der Waals surface area contributed by atoms with Crippen molar-refractivity contribution >= 4 is 22.8 Å². The zero-order chi connectivity index (χ0) is 16.6. The summed E-state index contributed by atoms with van der Waals surface area (Å²) < 4.78 is 38.1. The van der Waals surface area contributed by atoms with E-state index in [9.17, 15) is 18.0 Å². The van der Waals surface area contributed by atoms with Crippen LogP contribution in [0.4, 0.5) is 19.0 Å². The Kier molecular flexibility index (Phi) is 3.82. The van der Waals surface area contributed by atoms with Gasteiger partial charge in [-0.3, -0.25) is 9.48 Å². The Morgan fingerprint density at radius 1 is 1.39 bits per heavy atom. The van der Waals surface area contributed by atoms with Gasteiger partial charge in [0.25, 0.3) is 0 Å². The number of hydrogen-bond donors (Lipinski definition) is 1. The van der Waals surface area contributed by atoms with Crippen LogP contribution in [0.2, 0.25) is 0 Å². The summed E-state index contributed by atoms with van der Waals surface area (Å²) in [6.45, 7) is 1.95. The van der Waals surface area contributed by atoms with Gasteiger partial charge in [0.2, 0.25) is 5.91 Å². The number of nitrogens with one attached hydrogen (secondary N) is 1. The van der Waals surface area contributed by atoms with Gasteiger partial charge in [0.15, 0.2) is 5.65 Å². The molecule has 1 aliphatic rings. The third kappa shape index (κ3) is 3.35. The number of likely N-dealkylation sites (tertiary alicyclic amines) is 1. The predicted octanol–water partition coefficient (Wildman–Crippen LogP) is 1.42. The molecule has 0 aromatic carbocycles. The summed E-state index contributed by atoms with van der Waals surface area (Å²) in [6, 6.07) is -0.528. The van der Waals surface area contributed by atoms with Gasteiger partial charge in [-0.2, -0.15) is 18.3 Å². The summed E-state index contributed by atoms with van der Waals surface area (Å²) >= 11 is 0. The molecule has 1 atom stereocenters. The van der Waals surface area contributed by atoms with Crippen molar-refractivity contribution in [3.8, 4) is 0 Å². The average Bonchev–Trinajstić information content (AvgIpc) is 2.77. The lowest BCUT2D eigenvalue weighted by Gasteiger charge is -2.33. The molecule has 3 heterocycles. The highest BCUT2D eigenvalue weighted by Crippen LogP contribution is 2.22. The maximum absolute atomic E-state index is 12.5. The van der Waals surface area contributed by atoms with E-state index >= 15 is 0 Å². The molecule has 1 amide bonds. The Labute approximate surface area is 129 Å². The average molecular weight is 328 g/mol. The fourth-order valence-electron chi connectivity index (χ4n) is 2.34. The Hall–Kier alpha value is -2.39. The minimum absolute atomic E-state index is 0.0642. The highest BCUT2D eigenvalue weighted by Gasteiger charge is 2.29. The number of halogens is 3. The Balaban J connectivity index is 1.81. The van der Waals surface area contributed by atoms with Gasteiger partial charge in [-0.05, 0) is 13.3 Å². The van der Waals surface area contributed by atoms with E-state index in [0.29, 0.717) is 11.2 Å². The summed E-state index contributed by atoms with van der Waals surface area (Å²) in [7, 11) is 0. The molecule has 0 saturated carbocycles. The molecule has 1 N–H and O–H groups in total. The minimum Gasteiger partial charge on any atom is -0.358 e. The molecule has 0 bridgehead atoms. The topological polar surface area (TPSA) is 75.9 Å². The SMILES string of the molecule is C[C@@H](Nc1ncnc2nn(CC(F)(F)F)cc12)C(=O)N1CCC1. The molecule has 1 aliphatic heterocycles. The van der Waals surface area contributed by atoms with E-state index in [0.717, 1.165) is 24.2 Å². The molecular formula is C13H15F3N6O. The van der Waals surface area contributed by atoms with Gasteiger partial charge in [0.1, 0.15) is 24.7 Å². The molecule has 2 aromatic rings. The van der Waals surface area contributed by atoms with E-state index in [4.69, 9.17) is 0 Å². The summed E-state index contributed by atoms with van der Waals surface area (Å²) in [6.07, 6.45) is -0.952. The first-order chi connectivity index (χ1) is 10.8. The summed E-state index contributed by atoms with van der Waals surface area (Å²) in [5, 5.41) is 7.06. The molecule has 1 fully saturated rings. The first-order valence-corrected chi connectivity index (χ1v) is 7.14. The largest absolute Gasteiger partial charge is 0.408 e. The molecule has 124 valence electrons. The second-order valence-electron chi connectivity index (χ2n) is 5.45. The standard InChI is InChI=1S/C13H15F3N6O/c1-8(12(23)21-3-2-4-21)19-10-9-5-22(6-13(14,15)16)20-11(9)18-7-17-10/h5,7-8H,2-4,6H2,1H3,(H,17,18,19,20)/t8-/m1/s1. The monoisotopic (exact) mass is 328 g/mol. The van der Waals surface area contributed by atoms with Crippen molar-refractivity contribution in [2.24, 2.45) is 0 Å². The van der Waals surface area contributed by atoms with E-state index < -0.39 is 18.8 Å². The van der Waals surface area contributed by atoms with Crippen LogP contribution < -0.4 is 5.32 Å². The number of nitrogens with zero attached hydrogens (tertiary/aromatic N) is 5. The van der Waals surface area contributed by atoms with Crippen molar-refractivity contribution < 1.29 is 18.0 Å². The molecule has 10 heteroatoms. The molecule has 23 heavy (non-hydrogen) atoms. The van der Waals surface area contributed by atoms with E-state index in [-0.39, 0.29) is 11.6 Å². The molecule has 0 aliphatic carbocycles. The number of alkyl halides is 3. The molecule has 2 aromatic heterocycles. The van der Waals surface area contributed by atoms with Gasteiger partial charge < -0.3 is 10.2 Å². The Morgan fingerprint density at radius 2 is 2.13 bits per heavy atom. The zero-order valence-electron chi connectivity index (χ0n) is 12.3. The van der Waals surface area contributed by atoms with Crippen LogP contribution in [0, 0.1) is 0 Å². The first kappa shape index (κ1) is 15.5. The zero-order valence-corrected chi connectivity index (χ0v) is 12.3. The number of rotatable bonds is 4. The Morgan fingerprint density at radius 3 is 2.74 bits per heavy atom. The van der Waals surface area contributed by atoms with Crippen LogP contribution in [0.1, 0.15) is 13.3 Å². The fraction of sp³-hybridized carbons (Fsp3) is 0.538. The maximum atomic E-state index is 12.5. The number of fused-ring (bicyclic) bond motifs is 1. The van der Waals surface area contributed by atoms with Crippen molar-refractivity contribution in [1.29, 1.82) is 0 Å². The van der Waals surface area contributed by atoms with Gasteiger partial charge in [-0.15, -0.1) is 0 Å². The number of carbonyl (C=O) groups is 1. The molecular weight excluding hydrogens is 313 g/mol. The predicted molar refractivity (Wildman–Crippen MR) is 75.7 cm³/mol. The van der Waals surface area contributed by atoms with Crippen LogP contribution in [0.15, 0.2) is 12.5 Å². The smallest absolute Gasteiger partial charge is 0.358 e. The highest BCUT2D eigenvalue weighted by molar-refractivity contribution is 5.90. The minimum atomic E-state index is -4.37. The summed E-state index contributed by atoms with van der Waals surface area (Å²) in [5.74, 6) is 0.232. The van der Waals surface area contributed by atoms with E-state index in [1.807, 2.05) is 0 Å². The third-order valence-electron chi connectivity index (χ3n) is 3.60. The first-order valence-electron chi connectivity index (χ1n) is 7.14. The molecule has 7 nitrogen and oxygen atoms in total. The summed E-state index contributed by atoms with van der Waals surface area (Å²) in [5.41, 5.74) is 0.148. The van der Waals surface area contributed by atoms with Crippen LogP contribution in [0.25, 0.3) is 11.0 Å². The lowest BCUT2D eigenvalue weighted by Crippen LogP contribution is -2.48. The number of carbonyl (C=O) groups excluding carboxylic acids is 1. The Bertz CT molecular complexity index is 724. The molecule has 0 spiro atoms. The highest BCUT2D eigenvalue weighted by atomic mass is 19.4. The maximum Gasteiger partial charge on any atom is 0.408 e. The normalized spacial score (nSPS) is 16.3. The number of hydrogen-bond acceptors (Lipinski definition) is 5. The second-order valence-corrected chi connectivity index (χ2v) is 5.45. The number of anilines is 1. The van der Waals surface area contributed by atoms with Crippen molar-refractivity contribution in [2.75, 3.05) is 18.4 Å². The number of aromatic nitrogens is 4. The quantitative estimate of drug-likeness (QED) is 0.919.